The van der Waals surface area contributed by atoms with Gasteiger partial charge in [-0.15, -0.1) is 0 Å². The predicted octanol–water partition coefficient (Wildman–Crippen LogP) is 6.00. The van der Waals surface area contributed by atoms with Crippen molar-refractivity contribution in [1.29, 1.82) is 0 Å². The van der Waals surface area contributed by atoms with Crippen molar-refractivity contribution in [2.75, 3.05) is 14.2 Å². The molecule has 27 heavy (non-hydrogen) atoms. The molecular formula is C23H37NO2S. The van der Waals surface area contributed by atoms with Gasteiger partial charge < -0.3 is 9.47 Å². The van der Waals surface area contributed by atoms with E-state index in [1.165, 1.54) is 31.2 Å². The molecule has 0 aliphatic heterocycles. The lowest BCUT2D eigenvalue weighted by Gasteiger charge is -2.39. The van der Waals surface area contributed by atoms with E-state index in [4.69, 9.17) is 9.47 Å². The van der Waals surface area contributed by atoms with E-state index >= 15 is 0 Å². The zero-order chi connectivity index (χ0) is 19.7. The monoisotopic (exact) mass is 391 g/mol. The number of hydrogen-bond donors (Lipinski definition) is 1. The summed E-state index contributed by atoms with van der Waals surface area (Å²) in [6.45, 7) is 9.61. The highest BCUT2D eigenvalue weighted by atomic mass is 32.2. The lowest BCUT2D eigenvalue weighted by Crippen LogP contribution is -2.41. The molecule has 0 aromatic heterocycles. The number of hydrogen-bond acceptors (Lipinski definition) is 4. The van der Waals surface area contributed by atoms with Gasteiger partial charge in [-0.25, -0.2) is 0 Å². The molecule has 2 saturated carbocycles. The molecule has 3 rings (SSSR count). The molecule has 1 N–H and O–H groups in total. The molecule has 2 aliphatic rings. The Bertz CT molecular complexity index is 617. The molecule has 2 bridgehead atoms. The van der Waals surface area contributed by atoms with Gasteiger partial charge in [0.1, 0.15) is 5.75 Å². The quantitative estimate of drug-likeness (QED) is 0.523. The number of benzene rings is 1. The van der Waals surface area contributed by atoms with Gasteiger partial charge in [-0.1, -0.05) is 64.6 Å². The molecule has 3 nitrogen and oxygen atoms in total. The lowest BCUT2D eigenvalue weighted by molar-refractivity contribution is -0.0177. The fraction of sp³-hybridized carbons (Fsp3) is 0.739. The number of nitrogens with one attached hydrogen (secondary N) is 1. The summed E-state index contributed by atoms with van der Waals surface area (Å²) in [6, 6.07) is 8.91. The Labute approximate surface area is 170 Å². The smallest absolute Gasteiger partial charge is 0.118 e. The summed E-state index contributed by atoms with van der Waals surface area (Å²) in [5.74, 6) is 1.63. The van der Waals surface area contributed by atoms with Crippen LogP contribution in [-0.2, 0) is 4.74 Å². The van der Waals surface area contributed by atoms with Crippen LogP contribution < -0.4 is 9.46 Å². The van der Waals surface area contributed by atoms with Crippen molar-refractivity contribution in [3.63, 3.8) is 0 Å². The van der Waals surface area contributed by atoms with E-state index in [1.807, 2.05) is 19.1 Å². The SMILES string of the molecule is CCCCC(NSC1C(OC)[C@]2(C)CC[C@H]1C2(C)C)c1ccc(OC)cc1. The van der Waals surface area contributed by atoms with Gasteiger partial charge in [0, 0.05) is 23.8 Å². The first-order valence-corrected chi connectivity index (χ1v) is 11.3. The van der Waals surface area contributed by atoms with E-state index in [1.54, 1.807) is 7.11 Å². The molecule has 0 saturated heterocycles. The maximum absolute atomic E-state index is 6.07. The van der Waals surface area contributed by atoms with Crippen molar-refractivity contribution in [3.05, 3.63) is 29.8 Å². The highest BCUT2D eigenvalue weighted by molar-refractivity contribution is 7.98. The van der Waals surface area contributed by atoms with E-state index in [0.717, 1.165) is 12.2 Å². The molecular weight excluding hydrogens is 354 g/mol. The topological polar surface area (TPSA) is 30.5 Å². The molecule has 0 heterocycles. The summed E-state index contributed by atoms with van der Waals surface area (Å²) >= 11 is 1.94. The number of ether oxygens (including phenoxy) is 2. The van der Waals surface area contributed by atoms with Crippen LogP contribution in [0.15, 0.2) is 24.3 Å². The van der Waals surface area contributed by atoms with Crippen molar-refractivity contribution in [3.8, 4) is 5.75 Å². The maximum atomic E-state index is 6.07. The molecule has 3 unspecified atom stereocenters. The van der Waals surface area contributed by atoms with Crippen molar-refractivity contribution in [2.45, 2.75) is 77.2 Å². The zero-order valence-electron chi connectivity index (χ0n) is 17.9. The zero-order valence-corrected chi connectivity index (χ0v) is 18.7. The summed E-state index contributed by atoms with van der Waals surface area (Å²) in [5.41, 5.74) is 1.97. The maximum Gasteiger partial charge on any atom is 0.118 e. The van der Waals surface area contributed by atoms with E-state index in [-0.39, 0.29) is 5.41 Å². The molecule has 4 heteroatoms. The van der Waals surface area contributed by atoms with Gasteiger partial charge in [0.25, 0.3) is 0 Å². The third-order valence-corrected chi connectivity index (χ3v) is 8.93. The fourth-order valence-electron chi connectivity index (χ4n) is 5.46. The predicted molar refractivity (Wildman–Crippen MR) is 115 cm³/mol. The average molecular weight is 392 g/mol. The Morgan fingerprint density at radius 1 is 1.19 bits per heavy atom. The minimum Gasteiger partial charge on any atom is -0.497 e. The molecule has 2 aliphatic carbocycles. The lowest BCUT2D eigenvalue weighted by atomic mass is 9.70. The number of unbranched alkanes of at least 4 members (excludes halogenated alkanes) is 1. The first-order chi connectivity index (χ1) is 12.9. The average Bonchev–Trinajstić information content (AvgIpc) is 2.99. The van der Waals surface area contributed by atoms with Crippen LogP contribution in [0.3, 0.4) is 0 Å². The van der Waals surface area contributed by atoms with Gasteiger partial charge in [0.15, 0.2) is 0 Å². The molecule has 0 radical (unpaired) electrons. The van der Waals surface area contributed by atoms with Crippen LogP contribution in [0.25, 0.3) is 0 Å². The third-order valence-electron chi connectivity index (χ3n) is 7.66. The van der Waals surface area contributed by atoms with Gasteiger partial charge in [-0.3, -0.25) is 4.72 Å². The molecule has 5 atom stereocenters. The normalized spacial score (nSPS) is 32.6. The van der Waals surface area contributed by atoms with Crippen molar-refractivity contribution in [1.82, 2.24) is 4.72 Å². The largest absolute Gasteiger partial charge is 0.497 e. The molecule has 0 amide bonds. The molecule has 0 spiro atoms. The van der Waals surface area contributed by atoms with Gasteiger partial charge >= 0.3 is 0 Å². The van der Waals surface area contributed by atoms with Gasteiger partial charge in [0.2, 0.25) is 0 Å². The van der Waals surface area contributed by atoms with Gasteiger partial charge in [0.05, 0.1) is 13.2 Å². The van der Waals surface area contributed by atoms with Crippen molar-refractivity contribution >= 4 is 11.9 Å². The van der Waals surface area contributed by atoms with E-state index in [9.17, 15) is 0 Å². The number of fused-ring (bicyclic) bond motifs is 2. The summed E-state index contributed by atoms with van der Waals surface area (Å²) < 4.78 is 15.2. The van der Waals surface area contributed by atoms with Crippen LogP contribution in [0.2, 0.25) is 0 Å². The molecule has 152 valence electrons. The third kappa shape index (κ3) is 3.65. The van der Waals surface area contributed by atoms with Crippen molar-refractivity contribution in [2.24, 2.45) is 16.7 Å². The Kier molecular flexibility index (Phi) is 6.49. The summed E-state index contributed by atoms with van der Waals surface area (Å²) in [4.78, 5) is 0. The second kappa shape index (κ2) is 8.34. The Balaban J connectivity index is 1.73. The number of rotatable bonds is 9. The highest BCUT2D eigenvalue weighted by Gasteiger charge is 2.66. The summed E-state index contributed by atoms with van der Waals surface area (Å²) in [6.07, 6.45) is 6.55. The van der Waals surface area contributed by atoms with Crippen LogP contribution >= 0.6 is 11.9 Å². The fourth-order valence-corrected chi connectivity index (χ4v) is 7.21. The standard InChI is InChI=1S/C23H37NO2S/c1-7-8-9-19(16-10-12-17(25-5)13-11-16)24-27-20-18-14-15-23(4,21(20)26-6)22(18,2)3/h10-13,18-21,24H,7-9,14-15H2,1-6H3/t18-,19?,20?,21?,23+/m1/s1. The highest BCUT2D eigenvalue weighted by Crippen LogP contribution is 2.68. The van der Waals surface area contributed by atoms with E-state index in [0.29, 0.717) is 28.7 Å². The van der Waals surface area contributed by atoms with Gasteiger partial charge in [-0.2, -0.15) is 0 Å². The number of methoxy groups -OCH3 is 2. The van der Waals surface area contributed by atoms with Crippen molar-refractivity contribution < 1.29 is 9.47 Å². The van der Waals surface area contributed by atoms with Crippen LogP contribution in [0.4, 0.5) is 0 Å². The second-order valence-electron chi connectivity index (χ2n) is 9.11. The summed E-state index contributed by atoms with van der Waals surface area (Å²) in [5, 5.41) is 0.520. The Morgan fingerprint density at radius 3 is 2.48 bits per heavy atom. The molecule has 1 aromatic rings. The van der Waals surface area contributed by atoms with Crippen LogP contribution in [0, 0.1) is 16.7 Å². The van der Waals surface area contributed by atoms with E-state index in [2.05, 4.69) is 56.7 Å². The Morgan fingerprint density at radius 2 is 1.89 bits per heavy atom. The van der Waals surface area contributed by atoms with E-state index < -0.39 is 0 Å². The van der Waals surface area contributed by atoms with Crippen LogP contribution in [0.1, 0.15) is 71.4 Å². The molecule has 1 aromatic carbocycles. The van der Waals surface area contributed by atoms with Crippen LogP contribution in [-0.4, -0.2) is 25.6 Å². The minimum atomic E-state index is 0.283. The Hall–Kier alpha value is -0.710. The van der Waals surface area contributed by atoms with Crippen LogP contribution in [0.5, 0.6) is 5.75 Å². The molecule has 2 fully saturated rings. The first-order valence-electron chi connectivity index (χ1n) is 10.5. The summed E-state index contributed by atoms with van der Waals surface area (Å²) in [7, 11) is 3.62. The van der Waals surface area contributed by atoms with Gasteiger partial charge in [-0.05, 0) is 48.3 Å². The first kappa shape index (κ1) is 21.0. The second-order valence-corrected chi connectivity index (χ2v) is 10.1. The minimum absolute atomic E-state index is 0.283.